The first-order valence-electron chi connectivity index (χ1n) is 22.8. The zero-order valence-electron chi connectivity index (χ0n) is 38.0. The lowest BCUT2D eigenvalue weighted by Crippen LogP contribution is -2.09. The molecule has 0 aliphatic carbocycles. The summed E-state index contributed by atoms with van der Waals surface area (Å²) in [5, 5.41) is 6.28. The summed E-state index contributed by atoms with van der Waals surface area (Å²) in [5.41, 5.74) is 19.3. The van der Waals surface area contributed by atoms with Crippen LogP contribution in [0.25, 0.3) is 65.0 Å². The van der Waals surface area contributed by atoms with Crippen LogP contribution >= 0.6 is 11.3 Å². The Morgan fingerprint density at radius 1 is 0.273 bits per heavy atom. The van der Waals surface area contributed by atoms with Crippen LogP contribution in [0, 0.1) is 34.6 Å². The third kappa shape index (κ3) is 7.93. The monoisotopic (exact) mass is 866 g/mol. The molecule has 0 spiro atoms. The number of nitrogens with zero attached hydrogens (tertiary/aromatic N) is 2. The van der Waals surface area contributed by atoms with Gasteiger partial charge in [-0.05, 0) is 187 Å². The molecule has 0 saturated heterocycles. The molecule has 318 valence electrons. The van der Waals surface area contributed by atoms with Crippen LogP contribution in [0.1, 0.15) is 27.1 Å². The lowest BCUT2D eigenvalue weighted by atomic mass is 9.95. The predicted molar refractivity (Wildman–Crippen MR) is 286 cm³/mol. The van der Waals surface area contributed by atoms with Crippen molar-refractivity contribution in [1.29, 1.82) is 0 Å². The molecule has 0 atom stereocenters. The number of benzene rings is 10. The largest absolute Gasteiger partial charge is 0.311 e. The molecule has 0 saturated carbocycles. The number of hydrogen-bond acceptors (Lipinski definition) is 3. The molecule has 0 aliphatic heterocycles. The van der Waals surface area contributed by atoms with E-state index in [9.17, 15) is 0 Å². The molecular weight excluding hydrogens is 817 g/mol. The van der Waals surface area contributed by atoms with E-state index in [1.807, 2.05) is 11.3 Å². The van der Waals surface area contributed by atoms with Crippen LogP contribution in [0.5, 0.6) is 0 Å². The fourth-order valence-corrected chi connectivity index (χ4v) is 10.5. The van der Waals surface area contributed by atoms with Crippen molar-refractivity contribution < 1.29 is 0 Å². The van der Waals surface area contributed by atoms with Crippen molar-refractivity contribution in [3.8, 4) is 33.4 Å². The molecule has 11 rings (SSSR count). The molecule has 0 amide bonds. The maximum absolute atomic E-state index is 2.38. The molecular formula is C63H50N2S. The second-order valence-corrected chi connectivity index (χ2v) is 19.1. The van der Waals surface area contributed by atoms with Crippen LogP contribution < -0.4 is 9.80 Å². The zero-order chi connectivity index (χ0) is 44.9. The topological polar surface area (TPSA) is 6.48 Å². The molecule has 2 nitrogen and oxygen atoms in total. The minimum Gasteiger partial charge on any atom is -0.311 e. The van der Waals surface area contributed by atoms with Crippen LogP contribution in [0.4, 0.5) is 34.1 Å². The molecule has 11 aromatic rings. The molecule has 0 aliphatic rings. The molecule has 0 bridgehead atoms. The standard InChI is InChI=1S/C63H50N2S/c1-41-6-23-55(24-7-41)64(56-25-8-42(2)9-26-56)59-31-18-46(19-32-59)48-14-16-50-39-54-37-49(15-17-51(54)38-53(50)36-48)52-22-35-61-62(40-52)66-45(5)63(61)47-20-33-60(34-21-47)65(57-27-10-43(3)11-28-57)58-29-12-44(4)13-30-58/h6-40H,1-5H3. The van der Waals surface area contributed by atoms with Crippen LogP contribution in [0.3, 0.4) is 0 Å². The Morgan fingerprint density at radius 3 is 1.00 bits per heavy atom. The summed E-state index contributed by atoms with van der Waals surface area (Å²) in [5.74, 6) is 0. The van der Waals surface area contributed by atoms with Crippen molar-refractivity contribution in [2.75, 3.05) is 9.80 Å². The number of rotatable bonds is 9. The number of aryl methyl sites for hydroxylation is 5. The highest BCUT2D eigenvalue weighted by molar-refractivity contribution is 7.19. The van der Waals surface area contributed by atoms with Gasteiger partial charge in [0.05, 0.1) is 0 Å². The Balaban J connectivity index is 0.856. The Labute approximate surface area is 392 Å². The van der Waals surface area contributed by atoms with Gasteiger partial charge in [-0.1, -0.05) is 131 Å². The fraction of sp³-hybridized carbons (Fsp3) is 0.0794. The third-order valence-electron chi connectivity index (χ3n) is 13.0. The van der Waals surface area contributed by atoms with Crippen molar-refractivity contribution >= 4 is 77.1 Å². The van der Waals surface area contributed by atoms with Gasteiger partial charge < -0.3 is 9.80 Å². The predicted octanol–water partition coefficient (Wildman–Crippen LogP) is 18.7. The van der Waals surface area contributed by atoms with Crippen LogP contribution in [0.15, 0.2) is 212 Å². The fourth-order valence-electron chi connectivity index (χ4n) is 9.36. The summed E-state index contributed by atoms with van der Waals surface area (Å²) in [6, 6.07) is 78.6. The van der Waals surface area contributed by atoms with E-state index in [1.54, 1.807) is 0 Å². The first-order chi connectivity index (χ1) is 32.2. The van der Waals surface area contributed by atoms with E-state index >= 15 is 0 Å². The highest BCUT2D eigenvalue weighted by Gasteiger charge is 2.17. The van der Waals surface area contributed by atoms with E-state index in [0.29, 0.717) is 0 Å². The Hall–Kier alpha value is -7.72. The van der Waals surface area contributed by atoms with Gasteiger partial charge in [-0.15, -0.1) is 11.3 Å². The SMILES string of the molecule is Cc1ccc(N(c2ccc(C)cc2)c2ccc(-c3ccc4cc5cc(-c6ccc7c(-c8ccc(N(c9ccc(C)cc9)c9ccc(C)cc9)cc8)c(C)sc7c6)ccc5cc4c3)cc2)cc1. The molecule has 1 heterocycles. The van der Waals surface area contributed by atoms with Crippen LogP contribution in [0.2, 0.25) is 0 Å². The van der Waals surface area contributed by atoms with Gasteiger partial charge in [0.25, 0.3) is 0 Å². The van der Waals surface area contributed by atoms with Gasteiger partial charge in [-0.25, -0.2) is 0 Å². The maximum atomic E-state index is 2.38. The average Bonchev–Trinajstić information content (AvgIpc) is 3.68. The maximum Gasteiger partial charge on any atom is 0.0462 e. The third-order valence-corrected chi connectivity index (χ3v) is 14.1. The summed E-state index contributed by atoms with van der Waals surface area (Å²) in [7, 11) is 0. The molecule has 66 heavy (non-hydrogen) atoms. The van der Waals surface area contributed by atoms with E-state index in [1.165, 1.54) is 92.1 Å². The van der Waals surface area contributed by atoms with Gasteiger partial charge in [-0.2, -0.15) is 0 Å². The number of hydrogen-bond donors (Lipinski definition) is 0. The summed E-state index contributed by atoms with van der Waals surface area (Å²) < 4.78 is 1.31. The molecule has 0 N–H and O–H groups in total. The minimum atomic E-state index is 1.13. The first-order valence-corrected chi connectivity index (χ1v) is 23.6. The molecule has 1 aromatic heterocycles. The van der Waals surface area contributed by atoms with Gasteiger partial charge in [0.15, 0.2) is 0 Å². The van der Waals surface area contributed by atoms with Gasteiger partial charge in [0.2, 0.25) is 0 Å². The highest BCUT2D eigenvalue weighted by Crippen LogP contribution is 2.43. The lowest BCUT2D eigenvalue weighted by Gasteiger charge is -2.26. The van der Waals surface area contributed by atoms with Crippen molar-refractivity contribution in [2.45, 2.75) is 34.6 Å². The number of anilines is 6. The summed E-state index contributed by atoms with van der Waals surface area (Å²) in [6.45, 7) is 10.8. The molecule has 0 radical (unpaired) electrons. The normalized spacial score (nSPS) is 11.4. The average molecular weight is 867 g/mol. The Morgan fingerprint density at radius 2 is 0.591 bits per heavy atom. The smallest absolute Gasteiger partial charge is 0.0462 e. The van der Waals surface area contributed by atoms with E-state index < -0.39 is 0 Å². The van der Waals surface area contributed by atoms with E-state index in [-0.39, 0.29) is 0 Å². The summed E-state index contributed by atoms with van der Waals surface area (Å²) in [4.78, 5) is 5.99. The number of thiophene rings is 1. The highest BCUT2D eigenvalue weighted by atomic mass is 32.1. The van der Waals surface area contributed by atoms with Crippen molar-refractivity contribution in [2.24, 2.45) is 0 Å². The van der Waals surface area contributed by atoms with Gasteiger partial charge in [0, 0.05) is 54.7 Å². The van der Waals surface area contributed by atoms with E-state index in [0.717, 1.165) is 34.1 Å². The number of fused-ring (bicyclic) bond motifs is 3. The van der Waals surface area contributed by atoms with Crippen molar-refractivity contribution in [3.05, 3.63) is 239 Å². The Kier molecular flexibility index (Phi) is 10.6. The first kappa shape index (κ1) is 41.0. The molecule has 3 heteroatoms. The second kappa shape index (κ2) is 17.0. The van der Waals surface area contributed by atoms with Gasteiger partial charge in [0.1, 0.15) is 0 Å². The van der Waals surface area contributed by atoms with Gasteiger partial charge >= 0.3 is 0 Å². The van der Waals surface area contributed by atoms with Crippen LogP contribution in [-0.2, 0) is 0 Å². The van der Waals surface area contributed by atoms with E-state index in [2.05, 4.69) is 257 Å². The van der Waals surface area contributed by atoms with Crippen LogP contribution in [-0.4, -0.2) is 0 Å². The van der Waals surface area contributed by atoms with Gasteiger partial charge in [-0.3, -0.25) is 0 Å². The summed E-state index contributed by atoms with van der Waals surface area (Å²) >= 11 is 1.88. The minimum absolute atomic E-state index is 1.13. The van der Waals surface area contributed by atoms with Crippen molar-refractivity contribution in [1.82, 2.24) is 0 Å². The molecule has 10 aromatic carbocycles. The molecule has 0 unspecified atom stereocenters. The Bertz CT molecular complexity index is 3440. The zero-order valence-corrected chi connectivity index (χ0v) is 38.8. The lowest BCUT2D eigenvalue weighted by molar-refractivity contribution is 1.27. The molecule has 0 fully saturated rings. The van der Waals surface area contributed by atoms with E-state index in [4.69, 9.17) is 0 Å². The second-order valence-electron chi connectivity index (χ2n) is 17.8. The quantitative estimate of drug-likeness (QED) is 0.133. The van der Waals surface area contributed by atoms with Crippen molar-refractivity contribution in [3.63, 3.8) is 0 Å². The summed E-state index contributed by atoms with van der Waals surface area (Å²) in [6.07, 6.45) is 0.